The molecule has 1 N–H and O–H groups in total. The molecule has 0 atom stereocenters. The molecule has 1 aliphatic heterocycles. The van der Waals surface area contributed by atoms with E-state index in [2.05, 4.69) is 15.8 Å². The number of nitrogens with zero attached hydrogens (tertiary/aromatic N) is 3. The van der Waals surface area contributed by atoms with Crippen LogP contribution in [0.2, 0.25) is 5.02 Å². The van der Waals surface area contributed by atoms with E-state index in [4.69, 9.17) is 26.1 Å². The smallest absolute Gasteiger partial charge is 0.263 e. The third kappa shape index (κ3) is 5.16. The van der Waals surface area contributed by atoms with Gasteiger partial charge in [0.25, 0.3) is 10.0 Å². The Labute approximate surface area is 207 Å². The molecule has 0 amide bonds. The number of rotatable bonds is 7. The zero-order valence-electron chi connectivity index (χ0n) is 18.5. The molecule has 0 bridgehead atoms. The van der Waals surface area contributed by atoms with Crippen molar-refractivity contribution in [3.8, 4) is 0 Å². The van der Waals surface area contributed by atoms with Crippen LogP contribution in [0.4, 0.5) is 11.6 Å². The van der Waals surface area contributed by atoms with Crippen LogP contribution < -0.4 is 9.62 Å². The Morgan fingerprint density at radius 3 is 2.49 bits per heavy atom. The van der Waals surface area contributed by atoms with Gasteiger partial charge in [0.1, 0.15) is 12.5 Å². The number of sulfonamides is 1. The molecule has 5 rings (SSSR count). The fraction of sp³-hybridized carbons (Fsp3) is 0.120. The third-order valence-electron chi connectivity index (χ3n) is 5.38. The molecule has 10 heteroatoms. The minimum Gasteiger partial charge on any atom is -0.464 e. The van der Waals surface area contributed by atoms with Gasteiger partial charge in [-0.2, -0.15) is 0 Å². The van der Waals surface area contributed by atoms with Gasteiger partial charge in [-0.25, -0.2) is 18.4 Å². The molecule has 2 aromatic carbocycles. The van der Waals surface area contributed by atoms with E-state index in [-0.39, 0.29) is 16.5 Å². The molecule has 35 heavy (non-hydrogen) atoms. The molecular formula is C25H21ClN4O4S. The first-order valence-electron chi connectivity index (χ1n) is 10.8. The second-order valence-electron chi connectivity index (χ2n) is 7.80. The summed E-state index contributed by atoms with van der Waals surface area (Å²) < 4.78 is 40.2. The number of nitrogens with one attached hydrogen (secondary N) is 1. The Balaban J connectivity index is 1.62. The lowest BCUT2D eigenvalue weighted by Gasteiger charge is -2.28. The largest absolute Gasteiger partial charge is 0.464 e. The maximum atomic E-state index is 13.2. The van der Waals surface area contributed by atoms with Crippen molar-refractivity contribution >= 4 is 44.3 Å². The summed E-state index contributed by atoms with van der Waals surface area (Å²) in [6, 6.07) is 13.1. The highest BCUT2D eigenvalue weighted by molar-refractivity contribution is 7.92. The van der Waals surface area contributed by atoms with Crippen LogP contribution in [0.5, 0.6) is 0 Å². The van der Waals surface area contributed by atoms with Crippen LogP contribution in [0.25, 0.3) is 11.0 Å². The van der Waals surface area contributed by atoms with E-state index in [1.165, 1.54) is 43.1 Å². The van der Waals surface area contributed by atoms with E-state index in [1.54, 1.807) is 11.0 Å². The number of hydrogen-bond acceptors (Lipinski definition) is 7. The maximum Gasteiger partial charge on any atom is 0.263 e. The van der Waals surface area contributed by atoms with Crippen LogP contribution in [0.3, 0.4) is 0 Å². The van der Waals surface area contributed by atoms with E-state index in [1.807, 2.05) is 30.4 Å². The van der Waals surface area contributed by atoms with Crippen LogP contribution in [0.1, 0.15) is 12.8 Å². The van der Waals surface area contributed by atoms with Crippen molar-refractivity contribution in [2.45, 2.75) is 17.7 Å². The fourth-order valence-corrected chi connectivity index (χ4v) is 4.80. The van der Waals surface area contributed by atoms with Gasteiger partial charge >= 0.3 is 0 Å². The standard InChI is InChI=1S/C25H21ClN4O4S/c26-19-10-12-20(13-11-19)35(31,32)29-24-25(28-22-9-5-4-8-21(22)27-24)30(23-17-33-14-15-34-23)16-18-6-2-1-3-7-18/h1-2,4-6,8-15,17H,3,7,16H2,(H,27,29). The Bertz CT molecular complexity index is 1480. The van der Waals surface area contributed by atoms with E-state index < -0.39 is 10.0 Å². The number of fused-ring (bicyclic) bond motifs is 1. The normalized spacial score (nSPS) is 15.1. The molecule has 178 valence electrons. The maximum absolute atomic E-state index is 13.2. The second kappa shape index (κ2) is 9.81. The lowest BCUT2D eigenvalue weighted by Crippen LogP contribution is -2.30. The lowest BCUT2D eigenvalue weighted by atomic mass is 10.0. The lowest BCUT2D eigenvalue weighted by molar-refractivity contribution is 0.248. The van der Waals surface area contributed by atoms with Gasteiger partial charge in [0.15, 0.2) is 17.9 Å². The van der Waals surface area contributed by atoms with Gasteiger partial charge in [-0.05, 0) is 49.2 Å². The summed E-state index contributed by atoms with van der Waals surface area (Å²) in [7, 11) is -3.99. The average molecular weight is 509 g/mol. The van der Waals surface area contributed by atoms with Gasteiger partial charge in [0, 0.05) is 11.6 Å². The molecular weight excluding hydrogens is 488 g/mol. The molecule has 2 aliphatic rings. The number of benzene rings is 2. The molecule has 0 fully saturated rings. The van der Waals surface area contributed by atoms with E-state index in [0.29, 0.717) is 28.5 Å². The van der Waals surface area contributed by atoms with Crippen molar-refractivity contribution in [1.29, 1.82) is 0 Å². The van der Waals surface area contributed by atoms with Gasteiger partial charge in [-0.1, -0.05) is 47.5 Å². The van der Waals surface area contributed by atoms with Crippen LogP contribution in [-0.4, -0.2) is 24.9 Å². The van der Waals surface area contributed by atoms with E-state index >= 15 is 0 Å². The monoisotopic (exact) mass is 508 g/mol. The van der Waals surface area contributed by atoms with Gasteiger partial charge in [-0.15, -0.1) is 0 Å². The highest BCUT2D eigenvalue weighted by atomic mass is 35.5. The van der Waals surface area contributed by atoms with Crippen molar-refractivity contribution in [3.05, 3.63) is 102 Å². The summed E-state index contributed by atoms with van der Waals surface area (Å²) in [6.07, 6.45) is 12.1. The number of para-hydroxylation sites is 2. The van der Waals surface area contributed by atoms with E-state index in [9.17, 15) is 8.42 Å². The predicted molar refractivity (Wildman–Crippen MR) is 135 cm³/mol. The number of hydrogen-bond donors (Lipinski definition) is 1. The van der Waals surface area contributed by atoms with Crippen LogP contribution >= 0.6 is 11.6 Å². The highest BCUT2D eigenvalue weighted by Crippen LogP contribution is 2.32. The summed E-state index contributed by atoms with van der Waals surface area (Å²) in [5.74, 6) is 0.686. The third-order valence-corrected chi connectivity index (χ3v) is 6.99. The Morgan fingerprint density at radius 2 is 1.80 bits per heavy atom. The number of halogens is 1. The summed E-state index contributed by atoms with van der Waals surface area (Å²) in [5.41, 5.74) is 2.26. The molecule has 0 unspecified atom stereocenters. The summed E-state index contributed by atoms with van der Waals surface area (Å²) in [5, 5.41) is 0.436. The molecule has 3 aromatic rings. The van der Waals surface area contributed by atoms with Crippen LogP contribution in [-0.2, 0) is 19.5 Å². The summed E-state index contributed by atoms with van der Waals surface area (Å²) in [4.78, 5) is 11.2. The van der Waals surface area contributed by atoms with Crippen molar-refractivity contribution in [2.24, 2.45) is 0 Å². The van der Waals surface area contributed by atoms with E-state index in [0.717, 1.165) is 18.4 Å². The first-order valence-corrected chi connectivity index (χ1v) is 12.7. The average Bonchev–Trinajstić information content (AvgIpc) is 2.88. The Kier molecular flexibility index (Phi) is 6.43. The molecule has 1 aliphatic carbocycles. The van der Waals surface area contributed by atoms with Crippen molar-refractivity contribution in [2.75, 3.05) is 16.2 Å². The van der Waals surface area contributed by atoms with Crippen LogP contribution in [0.15, 0.2) is 102 Å². The Morgan fingerprint density at radius 1 is 1.03 bits per heavy atom. The quantitative estimate of drug-likeness (QED) is 0.451. The molecule has 0 saturated heterocycles. The summed E-state index contributed by atoms with van der Waals surface area (Å²) >= 11 is 5.94. The minimum absolute atomic E-state index is 0.0499. The van der Waals surface area contributed by atoms with Gasteiger partial charge in [0.2, 0.25) is 5.88 Å². The topological polar surface area (TPSA) is 93.7 Å². The molecule has 2 heterocycles. The van der Waals surface area contributed by atoms with Gasteiger partial charge < -0.3 is 9.47 Å². The zero-order valence-corrected chi connectivity index (χ0v) is 20.0. The number of ether oxygens (including phenoxy) is 2. The number of aromatic nitrogens is 2. The molecule has 8 nitrogen and oxygen atoms in total. The molecule has 0 spiro atoms. The SMILES string of the molecule is O=S(=O)(Nc1nc2ccccc2nc1N(CC1=CC=CCC1)C1=COC=CO1)c1ccc(Cl)cc1. The predicted octanol–water partition coefficient (Wildman–Crippen LogP) is 5.48. The van der Waals surface area contributed by atoms with Crippen molar-refractivity contribution in [3.63, 3.8) is 0 Å². The molecule has 1 aromatic heterocycles. The van der Waals surface area contributed by atoms with Gasteiger partial charge in [-0.3, -0.25) is 9.62 Å². The van der Waals surface area contributed by atoms with Crippen molar-refractivity contribution < 1.29 is 17.9 Å². The summed E-state index contributed by atoms with van der Waals surface area (Å²) in [6.45, 7) is 0.399. The Hall–Kier alpha value is -3.82. The molecule has 0 radical (unpaired) electrons. The highest BCUT2D eigenvalue weighted by Gasteiger charge is 2.26. The van der Waals surface area contributed by atoms with Crippen molar-refractivity contribution in [1.82, 2.24) is 9.97 Å². The molecule has 0 saturated carbocycles. The first-order chi connectivity index (χ1) is 17.0. The van der Waals surface area contributed by atoms with Gasteiger partial charge in [0.05, 0.1) is 15.9 Å². The fourth-order valence-electron chi connectivity index (χ4n) is 3.67. The number of anilines is 2. The first kappa shape index (κ1) is 22.9. The minimum atomic E-state index is -3.99. The van der Waals surface area contributed by atoms with Crippen LogP contribution in [0, 0.1) is 0 Å². The second-order valence-corrected chi connectivity index (χ2v) is 9.92. The number of allylic oxidation sites excluding steroid dienone is 3. The zero-order chi connectivity index (χ0) is 24.3.